The van der Waals surface area contributed by atoms with Crippen LogP contribution in [0.15, 0.2) is 30.5 Å². The number of halogens is 1. The van der Waals surface area contributed by atoms with Gasteiger partial charge in [0.05, 0.1) is 11.9 Å². The fourth-order valence-corrected chi connectivity index (χ4v) is 1.81. The van der Waals surface area contributed by atoms with E-state index in [1.54, 1.807) is 24.3 Å². The van der Waals surface area contributed by atoms with Gasteiger partial charge in [0.2, 0.25) is 0 Å². The quantitative estimate of drug-likeness (QED) is 0.661. The molecule has 16 heavy (non-hydrogen) atoms. The molecule has 0 amide bonds. The number of benzene rings is 1. The Morgan fingerprint density at radius 2 is 2.31 bits per heavy atom. The van der Waals surface area contributed by atoms with Gasteiger partial charge in [0.1, 0.15) is 5.75 Å². The van der Waals surface area contributed by atoms with Crippen molar-refractivity contribution >= 4 is 34.8 Å². The highest BCUT2D eigenvalue weighted by molar-refractivity contribution is 7.08. The number of ether oxygens (including phenoxy) is 1. The van der Waals surface area contributed by atoms with Crippen molar-refractivity contribution < 1.29 is 9.53 Å². The molecule has 1 aromatic carbocycles. The normalized spacial score (nSPS) is 10.1. The Morgan fingerprint density at radius 1 is 1.50 bits per heavy atom. The van der Waals surface area contributed by atoms with Gasteiger partial charge >= 0.3 is 5.97 Å². The molecular weight excluding hydrogens is 248 g/mol. The van der Waals surface area contributed by atoms with Crippen molar-refractivity contribution in [3.8, 4) is 5.75 Å². The first-order valence-electron chi connectivity index (χ1n) is 4.34. The van der Waals surface area contributed by atoms with Crippen LogP contribution in [0.3, 0.4) is 0 Å². The standard InChI is InChI=1S/C10H7ClN2O2S/c11-6-2-1-3-7(4-6)15-10(14)9-8(12)5-13-16-9/h1-5H,12H2. The van der Waals surface area contributed by atoms with Crippen LogP contribution in [-0.4, -0.2) is 10.3 Å². The van der Waals surface area contributed by atoms with Gasteiger partial charge < -0.3 is 10.5 Å². The summed E-state index contributed by atoms with van der Waals surface area (Å²) in [6.45, 7) is 0. The molecule has 0 atom stereocenters. The van der Waals surface area contributed by atoms with Crippen LogP contribution in [0.4, 0.5) is 5.69 Å². The minimum atomic E-state index is -0.526. The van der Waals surface area contributed by atoms with Crippen molar-refractivity contribution in [3.63, 3.8) is 0 Å². The first-order valence-corrected chi connectivity index (χ1v) is 5.50. The summed E-state index contributed by atoms with van der Waals surface area (Å²) in [6.07, 6.45) is 1.42. The minimum absolute atomic E-state index is 0.292. The van der Waals surface area contributed by atoms with Crippen LogP contribution in [0.25, 0.3) is 0 Å². The first kappa shape index (κ1) is 10.9. The van der Waals surface area contributed by atoms with Crippen LogP contribution in [0, 0.1) is 0 Å². The van der Waals surface area contributed by atoms with Crippen LogP contribution < -0.4 is 10.5 Å². The lowest BCUT2D eigenvalue weighted by Crippen LogP contribution is -2.08. The molecule has 0 bridgehead atoms. The summed E-state index contributed by atoms with van der Waals surface area (Å²) in [4.78, 5) is 11.9. The number of hydrogen-bond donors (Lipinski definition) is 1. The molecule has 82 valence electrons. The monoisotopic (exact) mass is 254 g/mol. The molecule has 0 spiro atoms. The number of nitrogen functional groups attached to an aromatic ring is 1. The molecule has 4 nitrogen and oxygen atoms in total. The SMILES string of the molecule is Nc1cnsc1C(=O)Oc1cccc(Cl)c1. The molecule has 1 heterocycles. The van der Waals surface area contributed by atoms with E-state index in [-0.39, 0.29) is 0 Å². The smallest absolute Gasteiger partial charge is 0.357 e. The van der Waals surface area contributed by atoms with Crippen LogP contribution in [0.1, 0.15) is 9.67 Å². The molecule has 0 unspecified atom stereocenters. The average molecular weight is 255 g/mol. The number of esters is 1. The molecular formula is C10H7ClN2O2S. The van der Waals surface area contributed by atoms with Gasteiger partial charge in [0, 0.05) is 5.02 Å². The Labute approximate surface area is 101 Å². The third-order valence-electron chi connectivity index (χ3n) is 1.79. The van der Waals surface area contributed by atoms with E-state index in [1.165, 1.54) is 6.20 Å². The number of aromatic nitrogens is 1. The Hall–Kier alpha value is -1.59. The molecule has 6 heteroatoms. The predicted octanol–water partition coefficient (Wildman–Crippen LogP) is 2.60. The highest BCUT2D eigenvalue weighted by Gasteiger charge is 2.14. The predicted molar refractivity (Wildman–Crippen MR) is 62.9 cm³/mol. The summed E-state index contributed by atoms with van der Waals surface area (Å²) in [7, 11) is 0. The summed E-state index contributed by atoms with van der Waals surface area (Å²) in [5.74, 6) is -0.146. The van der Waals surface area contributed by atoms with Crippen molar-refractivity contribution in [1.29, 1.82) is 0 Å². The maximum absolute atomic E-state index is 11.6. The summed E-state index contributed by atoms with van der Waals surface area (Å²) in [5, 5.41) is 0.502. The molecule has 2 aromatic rings. The van der Waals surface area contributed by atoms with E-state index < -0.39 is 5.97 Å². The largest absolute Gasteiger partial charge is 0.422 e. The molecule has 2 N–H and O–H groups in total. The average Bonchev–Trinajstić information content (AvgIpc) is 2.64. The minimum Gasteiger partial charge on any atom is -0.422 e. The number of hydrogen-bond acceptors (Lipinski definition) is 5. The topological polar surface area (TPSA) is 65.2 Å². The van der Waals surface area contributed by atoms with E-state index in [0.29, 0.717) is 21.3 Å². The van der Waals surface area contributed by atoms with Gasteiger partial charge in [-0.3, -0.25) is 0 Å². The molecule has 0 aliphatic heterocycles. The Kier molecular flexibility index (Phi) is 3.07. The number of carbonyl (C=O) groups is 1. The van der Waals surface area contributed by atoms with Gasteiger partial charge in [-0.05, 0) is 29.7 Å². The zero-order chi connectivity index (χ0) is 11.5. The van der Waals surface area contributed by atoms with E-state index in [9.17, 15) is 4.79 Å². The third-order valence-corrected chi connectivity index (χ3v) is 2.82. The molecule has 0 fully saturated rings. The molecule has 0 aliphatic carbocycles. The summed E-state index contributed by atoms with van der Waals surface area (Å²) < 4.78 is 8.88. The lowest BCUT2D eigenvalue weighted by Gasteiger charge is -2.02. The number of nitrogens with zero attached hydrogens (tertiary/aromatic N) is 1. The van der Waals surface area contributed by atoms with Crippen LogP contribution in [0.2, 0.25) is 5.02 Å². The summed E-state index contributed by atoms with van der Waals surface area (Å²) >= 11 is 6.76. The lowest BCUT2D eigenvalue weighted by atomic mass is 10.3. The van der Waals surface area contributed by atoms with Crippen molar-refractivity contribution in [2.45, 2.75) is 0 Å². The first-order chi connectivity index (χ1) is 7.66. The maximum atomic E-state index is 11.6. The second-order valence-electron chi connectivity index (χ2n) is 2.96. The van der Waals surface area contributed by atoms with E-state index in [1.807, 2.05) is 0 Å². The van der Waals surface area contributed by atoms with Gasteiger partial charge in [-0.25, -0.2) is 4.79 Å². The van der Waals surface area contributed by atoms with Crippen molar-refractivity contribution in [2.24, 2.45) is 0 Å². The Bertz CT molecular complexity index is 527. The number of anilines is 1. The fourth-order valence-electron chi connectivity index (χ4n) is 1.09. The summed E-state index contributed by atoms with van der Waals surface area (Å²) in [6, 6.07) is 6.58. The van der Waals surface area contributed by atoms with Gasteiger partial charge in [0.25, 0.3) is 0 Å². The van der Waals surface area contributed by atoms with Crippen molar-refractivity contribution in [1.82, 2.24) is 4.37 Å². The van der Waals surface area contributed by atoms with Crippen molar-refractivity contribution in [3.05, 3.63) is 40.4 Å². The Morgan fingerprint density at radius 3 is 2.94 bits per heavy atom. The van der Waals surface area contributed by atoms with Crippen LogP contribution in [-0.2, 0) is 0 Å². The zero-order valence-corrected chi connectivity index (χ0v) is 9.59. The molecule has 0 aliphatic rings. The zero-order valence-electron chi connectivity index (χ0n) is 8.01. The van der Waals surface area contributed by atoms with E-state index >= 15 is 0 Å². The number of carbonyl (C=O) groups excluding carboxylic acids is 1. The van der Waals surface area contributed by atoms with E-state index in [2.05, 4.69) is 4.37 Å². The third kappa shape index (κ3) is 2.32. The van der Waals surface area contributed by atoms with Gasteiger partial charge in [-0.1, -0.05) is 17.7 Å². The molecule has 0 saturated heterocycles. The number of rotatable bonds is 2. The second kappa shape index (κ2) is 4.51. The van der Waals surface area contributed by atoms with Gasteiger partial charge in [0.15, 0.2) is 4.88 Å². The van der Waals surface area contributed by atoms with E-state index in [0.717, 1.165) is 11.5 Å². The van der Waals surface area contributed by atoms with Gasteiger partial charge in [-0.2, -0.15) is 4.37 Å². The highest BCUT2D eigenvalue weighted by Crippen LogP contribution is 2.21. The molecule has 0 saturated carbocycles. The van der Waals surface area contributed by atoms with Crippen molar-refractivity contribution in [2.75, 3.05) is 5.73 Å². The number of nitrogens with two attached hydrogens (primary N) is 1. The van der Waals surface area contributed by atoms with Crippen LogP contribution in [0.5, 0.6) is 5.75 Å². The lowest BCUT2D eigenvalue weighted by molar-refractivity contribution is 0.0741. The second-order valence-corrected chi connectivity index (χ2v) is 4.20. The summed E-state index contributed by atoms with van der Waals surface area (Å²) in [5.41, 5.74) is 5.86. The molecule has 1 aromatic heterocycles. The molecule has 0 radical (unpaired) electrons. The Balaban J connectivity index is 2.17. The van der Waals surface area contributed by atoms with E-state index in [4.69, 9.17) is 22.1 Å². The van der Waals surface area contributed by atoms with Crippen LogP contribution >= 0.6 is 23.1 Å². The highest BCUT2D eigenvalue weighted by atomic mass is 35.5. The molecule has 2 rings (SSSR count). The van der Waals surface area contributed by atoms with Gasteiger partial charge in [-0.15, -0.1) is 0 Å². The fraction of sp³-hybridized carbons (Fsp3) is 0. The maximum Gasteiger partial charge on any atom is 0.357 e.